The predicted octanol–water partition coefficient (Wildman–Crippen LogP) is 3.80. The lowest BCUT2D eigenvalue weighted by Gasteiger charge is -2.30. The second kappa shape index (κ2) is 8.70. The van der Waals surface area contributed by atoms with Crippen LogP contribution in [0.25, 0.3) is 11.4 Å². The van der Waals surface area contributed by atoms with E-state index in [0.29, 0.717) is 28.8 Å². The molecular formula is C23H22N6O. The summed E-state index contributed by atoms with van der Waals surface area (Å²) < 4.78 is 0. The fraction of sp³-hybridized carbons (Fsp3) is 0.261. The van der Waals surface area contributed by atoms with Crippen molar-refractivity contribution < 1.29 is 4.79 Å². The number of likely N-dealkylation sites (tertiary alicyclic amines) is 1. The highest BCUT2D eigenvalue weighted by Gasteiger charge is 2.21. The van der Waals surface area contributed by atoms with E-state index in [1.807, 2.05) is 29.2 Å². The van der Waals surface area contributed by atoms with Crippen molar-refractivity contribution in [1.29, 1.82) is 5.26 Å². The fourth-order valence-corrected chi connectivity index (χ4v) is 3.92. The number of anilines is 2. The monoisotopic (exact) mass is 398 g/mol. The molecule has 2 aromatic carbocycles. The second-order valence-electron chi connectivity index (χ2n) is 7.40. The molecule has 30 heavy (non-hydrogen) atoms. The number of carbonyl (C=O) groups excluding carboxylic acids is 1. The van der Waals surface area contributed by atoms with E-state index in [4.69, 9.17) is 0 Å². The van der Waals surface area contributed by atoms with Gasteiger partial charge in [0.25, 0.3) is 0 Å². The number of hydrogen-bond acceptors (Lipinski definition) is 6. The molecule has 0 radical (unpaired) electrons. The maximum atomic E-state index is 10.9. The standard InChI is InChI=1S/C23H22N6O/c1-16-12-19(6-7-20(16)17-8-10-29(15-30)11-9-17)27-23-26-14-25-22(28-23)21-5-3-2-4-18(21)13-24/h2-7,12,14-15,17H,8-11H2,1H3,(H,25,26,27,28). The molecule has 7 nitrogen and oxygen atoms in total. The summed E-state index contributed by atoms with van der Waals surface area (Å²) in [6.07, 6.45) is 4.36. The lowest BCUT2D eigenvalue weighted by atomic mass is 9.87. The van der Waals surface area contributed by atoms with Gasteiger partial charge in [-0.3, -0.25) is 4.79 Å². The molecule has 1 N–H and O–H groups in total. The van der Waals surface area contributed by atoms with Crippen molar-refractivity contribution in [2.24, 2.45) is 0 Å². The molecule has 7 heteroatoms. The van der Waals surface area contributed by atoms with Gasteiger partial charge in [-0.2, -0.15) is 10.2 Å². The molecule has 3 aromatic rings. The quantitative estimate of drug-likeness (QED) is 0.657. The highest BCUT2D eigenvalue weighted by atomic mass is 16.1. The second-order valence-corrected chi connectivity index (χ2v) is 7.40. The van der Waals surface area contributed by atoms with Crippen LogP contribution < -0.4 is 5.32 Å². The Balaban J connectivity index is 1.52. The van der Waals surface area contributed by atoms with Crippen molar-refractivity contribution in [3.63, 3.8) is 0 Å². The van der Waals surface area contributed by atoms with Crippen LogP contribution in [0.3, 0.4) is 0 Å². The molecule has 0 atom stereocenters. The Kier molecular flexibility index (Phi) is 5.66. The van der Waals surface area contributed by atoms with Gasteiger partial charge < -0.3 is 10.2 Å². The molecule has 150 valence electrons. The Morgan fingerprint density at radius 3 is 2.70 bits per heavy atom. The third-order valence-electron chi connectivity index (χ3n) is 5.50. The molecule has 1 aromatic heterocycles. The van der Waals surface area contributed by atoms with E-state index >= 15 is 0 Å². The average molecular weight is 398 g/mol. The van der Waals surface area contributed by atoms with E-state index in [1.54, 1.807) is 6.07 Å². The Morgan fingerprint density at radius 1 is 1.17 bits per heavy atom. The first kappa shape index (κ1) is 19.5. The van der Waals surface area contributed by atoms with Crippen LogP contribution in [0.1, 0.15) is 35.4 Å². The zero-order valence-corrected chi connectivity index (χ0v) is 16.7. The van der Waals surface area contributed by atoms with E-state index in [2.05, 4.69) is 45.4 Å². The van der Waals surface area contributed by atoms with E-state index in [1.165, 1.54) is 17.5 Å². The third kappa shape index (κ3) is 4.13. The highest BCUT2D eigenvalue weighted by molar-refractivity contribution is 5.65. The van der Waals surface area contributed by atoms with Crippen LogP contribution in [0, 0.1) is 18.3 Å². The fourth-order valence-electron chi connectivity index (χ4n) is 3.92. The minimum absolute atomic E-state index is 0.430. The molecule has 0 aliphatic carbocycles. The van der Waals surface area contributed by atoms with Crippen molar-refractivity contribution in [1.82, 2.24) is 19.9 Å². The summed E-state index contributed by atoms with van der Waals surface area (Å²) in [6.45, 7) is 3.73. The van der Waals surface area contributed by atoms with Crippen molar-refractivity contribution in [3.05, 3.63) is 65.5 Å². The zero-order valence-electron chi connectivity index (χ0n) is 16.7. The summed E-state index contributed by atoms with van der Waals surface area (Å²) in [5.41, 5.74) is 4.63. The minimum atomic E-state index is 0.430. The topological polar surface area (TPSA) is 94.8 Å². The predicted molar refractivity (Wildman–Crippen MR) is 114 cm³/mol. The van der Waals surface area contributed by atoms with Gasteiger partial charge in [0.2, 0.25) is 12.4 Å². The minimum Gasteiger partial charge on any atom is -0.345 e. The summed E-state index contributed by atoms with van der Waals surface area (Å²) in [7, 11) is 0. The van der Waals surface area contributed by atoms with E-state index in [9.17, 15) is 10.1 Å². The van der Waals surface area contributed by atoms with Crippen LogP contribution in [0.5, 0.6) is 0 Å². The molecule has 1 amide bonds. The van der Waals surface area contributed by atoms with Gasteiger partial charge in [0.1, 0.15) is 6.33 Å². The van der Waals surface area contributed by atoms with Gasteiger partial charge in [0, 0.05) is 24.3 Å². The average Bonchev–Trinajstić information content (AvgIpc) is 2.79. The van der Waals surface area contributed by atoms with Gasteiger partial charge in [0.15, 0.2) is 5.82 Å². The van der Waals surface area contributed by atoms with Crippen LogP contribution >= 0.6 is 0 Å². The third-order valence-corrected chi connectivity index (χ3v) is 5.50. The number of nitriles is 1. The normalized spacial score (nSPS) is 14.2. The number of nitrogens with one attached hydrogen (secondary N) is 1. The molecule has 0 saturated carbocycles. The summed E-state index contributed by atoms with van der Waals surface area (Å²) >= 11 is 0. The Labute approximate surface area is 175 Å². The number of rotatable bonds is 5. The summed E-state index contributed by atoms with van der Waals surface area (Å²) in [5.74, 6) is 1.36. The lowest BCUT2D eigenvalue weighted by molar-refractivity contribution is -0.119. The van der Waals surface area contributed by atoms with Crippen LogP contribution in [0.15, 0.2) is 48.8 Å². The Bertz CT molecular complexity index is 1100. The molecule has 1 fully saturated rings. The summed E-state index contributed by atoms with van der Waals surface area (Å²) in [4.78, 5) is 25.7. The number of piperidine rings is 1. The molecule has 0 unspecified atom stereocenters. The van der Waals surface area contributed by atoms with Gasteiger partial charge in [-0.15, -0.1) is 0 Å². The summed E-state index contributed by atoms with van der Waals surface area (Å²) in [6, 6.07) is 15.7. The maximum Gasteiger partial charge on any atom is 0.230 e. The number of aromatic nitrogens is 3. The first-order chi connectivity index (χ1) is 14.7. The van der Waals surface area contributed by atoms with E-state index in [0.717, 1.165) is 38.0 Å². The molecule has 1 aliphatic heterocycles. The van der Waals surface area contributed by atoms with Crippen LogP contribution in [0.4, 0.5) is 11.6 Å². The smallest absolute Gasteiger partial charge is 0.230 e. The zero-order chi connectivity index (χ0) is 20.9. The molecular weight excluding hydrogens is 376 g/mol. The number of carbonyl (C=O) groups is 1. The SMILES string of the molecule is Cc1cc(Nc2ncnc(-c3ccccc3C#N)n2)ccc1C1CCN(C=O)CC1. The Morgan fingerprint density at radius 2 is 1.97 bits per heavy atom. The number of nitrogens with zero attached hydrogens (tertiary/aromatic N) is 5. The number of benzene rings is 2. The first-order valence-electron chi connectivity index (χ1n) is 9.93. The molecule has 2 heterocycles. The lowest BCUT2D eigenvalue weighted by Crippen LogP contribution is -2.31. The van der Waals surface area contributed by atoms with Crippen molar-refractivity contribution in [3.8, 4) is 17.5 Å². The van der Waals surface area contributed by atoms with Crippen molar-refractivity contribution in [2.75, 3.05) is 18.4 Å². The number of aryl methyl sites for hydroxylation is 1. The largest absolute Gasteiger partial charge is 0.345 e. The van der Waals surface area contributed by atoms with Gasteiger partial charge in [-0.1, -0.05) is 18.2 Å². The molecule has 0 spiro atoms. The van der Waals surface area contributed by atoms with Crippen LogP contribution in [-0.2, 0) is 4.79 Å². The Hall–Kier alpha value is -3.79. The van der Waals surface area contributed by atoms with Crippen molar-refractivity contribution in [2.45, 2.75) is 25.7 Å². The molecule has 1 saturated heterocycles. The molecule has 4 rings (SSSR count). The van der Waals surface area contributed by atoms with E-state index < -0.39 is 0 Å². The van der Waals surface area contributed by atoms with E-state index in [-0.39, 0.29) is 0 Å². The van der Waals surface area contributed by atoms with Crippen molar-refractivity contribution >= 4 is 18.0 Å². The molecule has 1 aliphatic rings. The van der Waals surface area contributed by atoms with Gasteiger partial charge in [0.05, 0.1) is 11.6 Å². The van der Waals surface area contributed by atoms with Gasteiger partial charge >= 0.3 is 0 Å². The summed E-state index contributed by atoms with van der Waals surface area (Å²) in [5, 5.41) is 12.6. The highest BCUT2D eigenvalue weighted by Crippen LogP contribution is 2.31. The van der Waals surface area contributed by atoms with Crippen LogP contribution in [-0.4, -0.2) is 39.4 Å². The van der Waals surface area contributed by atoms with Crippen LogP contribution in [0.2, 0.25) is 0 Å². The maximum absolute atomic E-state index is 10.9. The van der Waals surface area contributed by atoms with Gasteiger partial charge in [-0.25, -0.2) is 9.97 Å². The number of hydrogen-bond donors (Lipinski definition) is 1. The van der Waals surface area contributed by atoms with Gasteiger partial charge in [-0.05, 0) is 61.1 Å². The number of amides is 1. The first-order valence-corrected chi connectivity index (χ1v) is 9.93. The molecule has 0 bridgehead atoms.